The highest BCUT2D eigenvalue weighted by molar-refractivity contribution is 6.22. The molecule has 1 aliphatic carbocycles. The highest BCUT2D eigenvalue weighted by atomic mass is 14.7. The summed E-state index contributed by atoms with van der Waals surface area (Å²) in [7, 11) is 0. The lowest BCUT2D eigenvalue weighted by molar-refractivity contribution is 0.660. The van der Waals surface area contributed by atoms with E-state index in [0.29, 0.717) is 0 Å². The van der Waals surface area contributed by atoms with Gasteiger partial charge in [0.25, 0.3) is 0 Å². The summed E-state index contributed by atoms with van der Waals surface area (Å²) in [6.07, 6.45) is 0. The summed E-state index contributed by atoms with van der Waals surface area (Å²) in [5.74, 6) is 0. The van der Waals surface area contributed by atoms with Gasteiger partial charge in [0.2, 0.25) is 0 Å². The smallest absolute Gasteiger partial charge is 0.0715 e. The van der Waals surface area contributed by atoms with Crippen LogP contribution < -0.4 is 0 Å². The van der Waals surface area contributed by atoms with Crippen molar-refractivity contribution in [2.45, 2.75) is 19.3 Å². The Balaban J connectivity index is 1.30. The molecule has 0 spiro atoms. The van der Waals surface area contributed by atoms with Gasteiger partial charge in [-0.2, -0.15) is 0 Å². The average molecular weight is 676 g/mol. The van der Waals surface area contributed by atoms with Crippen molar-refractivity contribution < 1.29 is 0 Å². The Labute approximate surface area is 310 Å². The molecule has 9 aromatic rings. The fourth-order valence-electron chi connectivity index (χ4n) is 8.66. The summed E-state index contributed by atoms with van der Waals surface area (Å²) in [5, 5.41) is 4.95. The molecule has 10 rings (SSSR count). The molecular formula is C52H37N. The van der Waals surface area contributed by atoms with Crippen molar-refractivity contribution in [3.05, 3.63) is 199 Å². The standard InChI is InChI=1S/C52H37N/c1-52(2)46-25-15-14-22-40(46)41-28-27-38(31-47(41)52)50-42-23-12-13-24-43(42)51(44-29-26-37(30-45(44)50)34-16-6-3-7-17-34)39-32-48(35-18-8-4-9-19-35)53-49(33-39)36-20-10-5-11-21-36/h3-33H,1-2H3. The van der Waals surface area contributed by atoms with Gasteiger partial charge < -0.3 is 0 Å². The van der Waals surface area contributed by atoms with Crippen LogP contribution in [0, 0.1) is 0 Å². The molecule has 8 aromatic carbocycles. The van der Waals surface area contributed by atoms with Gasteiger partial charge in [0.1, 0.15) is 0 Å². The minimum absolute atomic E-state index is 0.0958. The number of nitrogens with zero attached hydrogens (tertiary/aromatic N) is 1. The minimum atomic E-state index is -0.0958. The molecule has 0 atom stereocenters. The second-order valence-corrected chi connectivity index (χ2v) is 14.7. The number of hydrogen-bond donors (Lipinski definition) is 0. The van der Waals surface area contributed by atoms with Crippen molar-refractivity contribution in [3.63, 3.8) is 0 Å². The van der Waals surface area contributed by atoms with Gasteiger partial charge in [-0.15, -0.1) is 0 Å². The first kappa shape index (κ1) is 31.2. The average Bonchev–Trinajstić information content (AvgIpc) is 3.45. The van der Waals surface area contributed by atoms with Crippen LogP contribution in [0.15, 0.2) is 188 Å². The number of hydrogen-bond acceptors (Lipinski definition) is 1. The zero-order valence-corrected chi connectivity index (χ0v) is 29.8. The Morgan fingerprint density at radius 3 is 1.45 bits per heavy atom. The molecule has 0 unspecified atom stereocenters. The van der Waals surface area contributed by atoms with Crippen molar-refractivity contribution >= 4 is 21.5 Å². The van der Waals surface area contributed by atoms with Crippen LogP contribution in [0.4, 0.5) is 0 Å². The molecule has 1 aromatic heterocycles. The van der Waals surface area contributed by atoms with Crippen molar-refractivity contribution in [2.24, 2.45) is 0 Å². The van der Waals surface area contributed by atoms with E-state index in [9.17, 15) is 0 Å². The van der Waals surface area contributed by atoms with E-state index in [2.05, 4.69) is 202 Å². The van der Waals surface area contributed by atoms with Crippen molar-refractivity contribution in [1.29, 1.82) is 0 Å². The van der Waals surface area contributed by atoms with E-state index in [-0.39, 0.29) is 5.41 Å². The molecule has 53 heavy (non-hydrogen) atoms. The predicted molar refractivity (Wildman–Crippen MR) is 224 cm³/mol. The molecule has 1 heteroatoms. The molecule has 0 fully saturated rings. The molecule has 0 aliphatic heterocycles. The lowest BCUT2D eigenvalue weighted by Gasteiger charge is -2.23. The Bertz CT molecular complexity index is 2770. The van der Waals surface area contributed by atoms with Crippen LogP contribution in [0.25, 0.3) is 88.6 Å². The van der Waals surface area contributed by atoms with E-state index in [1.807, 2.05) is 0 Å². The molecule has 0 saturated carbocycles. The van der Waals surface area contributed by atoms with Gasteiger partial charge in [-0.25, -0.2) is 4.98 Å². The third-order valence-corrected chi connectivity index (χ3v) is 11.3. The third-order valence-electron chi connectivity index (χ3n) is 11.3. The lowest BCUT2D eigenvalue weighted by Crippen LogP contribution is -2.14. The number of pyridine rings is 1. The topological polar surface area (TPSA) is 12.9 Å². The largest absolute Gasteiger partial charge is 0.248 e. The maximum Gasteiger partial charge on any atom is 0.0715 e. The maximum atomic E-state index is 5.24. The number of fused-ring (bicyclic) bond motifs is 5. The summed E-state index contributed by atoms with van der Waals surface area (Å²) in [6, 6.07) is 68.5. The summed E-state index contributed by atoms with van der Waals surface area (Å²) >= 11 is 0. The zero-order valence-electron chi connectivity index (χ0n) is 29.8. The van der Waals surface area contributed by atoms with Crippen LogP contribution in [0.3, 0.4) is 0 Å². The van der Waals surface area contributed by atoms with Gasteiger partial charge in [-0.1, -0.05) is 178 Å². The van der Waals surface area contributed by atoms with E-state index in [4.69, 9.17) is 4.98 Å². The molecule has 0 radical (unpaired) electrons. The van der Waals surface area contributed by atoms with Gasteiger partial charge in [-0.3, -0.25) is 0 Å². The highest BCUT2D eigenvalue weighted by Crippen LogP contribution is 2.51. The summed E-state index contributed by atoms with van der Waals surface area (Å²) in [4.78, 5) is 5.24. The van der Waals surface area contributed by atoms with E-state index in [1.165, 1.54) is 71.6 Å². The first-order chi connectivity index (χ1) is 26.0. The monoisotopic (exact) mass is 675 g/mol. The van der Waals surface area contributed by atoms with E-state index < -0.39 is 0 Å². The Morgan fingerprint density at radius 1 is 0.321 bits per heavy atom. The van der Waals surface area contributed by atoms with Gasteiger partial charge in [0.15, 0.2) is 0 Å². The molecule has 0 bridgehead atoms. The highest BCUT2D eigenvalue weighted by Gasteiger charge is 2.35. The van der Waals surface area contributed by atoms with E-state index in [0.717, 1.165) is 28.1 Å². The van der Waals surface area contributed by atoms with Crippen LogP contribution in [-0.2, 0) is 5.41 Å². The number of aromatic nitrogens is 1. The molecular weight excluding hydrogens is 639 g/mol. The molecule has 250 valence electrons. The van der Waals surface area contributed by atoms with Crippen LogP contribution in [0.5, 0.6) is 0 Å². The third kappa shape index (κ3) is 5.12. The quantitative estimate of drug-likeness (QED) is 0.165. The minimum Gasteiger partial charge on any atom is -0.248 e. The zero-order chi connectivity index (χ0) is 35.5. The fourth-order valence-corrected chi connectivity index (χ4v) is 8.66. The van der Waals surface area contributed by atoms with Crippen LogP contribution in [-0.4, -0.2) is 4.98 Å². The van der Waals surface area contributed by atoms with Gasteiger partial charge >= 0.3 is 0 Å². The first-order valence-corrected chi connectivity index (χ1v) is 18.5. The van der Waals surface area contributed by atoms with E-state index in [1.54, 1.807) is 0 Å². The van der Waals surface area contributed by atoms with Gasteiger partial charge in [-0.05, 0) is 101 Å². The Hall–Kier alpha value is -6.57. The van der Waals surface area contributed by atoms with Crippen LogP contribution in [0.2, 0.25) is 0 Å². The molecule has 1 nitrogen and oxygen atoms in total. The number of benzene rings is 8. The molecule has 1 heterocycles. The number of rotatable bonds is 5. The molecule has 0 amide bonds. The van der Waals surface area contributed by atoms with Crippen molar-refractivity contribution in [3.8, 4) is 67.0 Å². The lowest BCUT2D eigenvalue weighted by atomic mass is 9.80. The Morgan fingerprint density at radius 2 is 0.811 bits per heavy atom. The first-order valence-electron chi connectivity index (χ1n) is 18.5. The van der Waals surface area contributed by atoms with Crippen LogP contribution >= 0.6 is 0 Å². The normalized spacial score (nSPS) is 12.9. The van der Waals surface area contributed by atoms with Gasteiger partial charge in [0.05, 0.1) is 11.4 Å². The van der Waals surface area contributed by atoms with E-state index >= 15 is 0 Å². The fraction of sp³-hybridized carbons (Fsp3) is 0.0577. The van der Waals surface area contributed by atoms with Crippen molar-refractivity contribution in [1.82, 2.24) is 4.98 Å². The maximum absolute atomic E-state index is 5.24. The second-order valence-electron chi connectivity index (χ2n) is 14.7. The second kappa shape index (κ2) is 12.3. The summed E-state index contributed by atoms with van der Waals surface area (Å²) in [5.41, 5.74) is 16.8. The SMILES string of the molecule is CC1(C)c2ccccc2-c2ccc(-c3c4ccccc4c(-c4cc(-c5ccccc5)nc(-c5ccccc5)c4)c4ccc(-c5ccccc5)cc34)cc21. The Kier molecular flexibility index (Phi) is 7.23. The predicted octanol–water partition coefficient (Wildman–Crippen LogP) is 14.0. The molecule has 0 N–H and O–H groups in total. The summed E-state index contributed by atoms with van der Waals surface area (Å²) < 4.78 is 0. The van der Waals surface area contributed by atoms with Gasteiger partial charge in [0, 0.05) is 16.5 Å². The molecule has 1 aliphatic rings. The molecule has 0 saturated heterocycles. The van der Waals surface area contributed by atoms with Crippen LogP contribution in [0.1, 0.15) is 25.0 Å². The summed E-state index contributed by atoms with van der Waals surface area (Å²) in [6.45, 7) is 4.73. The van der Waals surface area contributed by atoms with Crippen molar-refractivity contribution in [2.75, 3.05) is 0 Å².